The number of aldehydes is 1. The lowest BCUT2D eigenvalue weighted by Gasteiger charge is -2.29. The number of carbonyl (C=O) groups excluding carboxylic acids is 1. The first-order valence-electron chi connectivity index (χ1n) is 6.21. The topological polar surface area (TPSA) is 17.1 Å². The van der Waals surface area contributed by atoms with Gasteiger partial charge in [-0.2, -0.15) is 11.8 Å². The molecule has 0 N–H and O–H groups in total. The fourth-order valence-corrected chi connectivity index (χ4v) is 3.19. The van der Waals surface area contributed by atoms with Crippen LogP contribution < -0.4 is 0 Å². The van der Waals surface area contributed by atoms with Gasteiger partial charge in [-0.15, -0.1) is 0 Å². The smallest absolute Gasteiger partial charge is 0.129 e. The van der Waals surface area contributed by atoms with Gasteiger partial charge >= 0.3 is 0 Å². The highest BCUT2D eigenvalue weighted by Crippen LogP contribution is 2.33. The van der Waals surface area contributed by atoms with Crippen LogP contribution in [0.1, 0.15) is 39.2 Å². The molecule has 0 aliphatic carbocycles. The van der Waals surface area contributed by atoms with Crippen LogP contribution in [0.25, 0.3) is 0 Å². The van der Waals surface area contributed by atoms with E-state index in [2.05, 4.69) is 51.1 Å². The lowest BCUT2D eigenvalue weighted by Crippen LogP contribution is -2.23. The molecule has 0 aliphatic rings. The van der Waals surface area contributed by atoms with Crippen molar-refractivity contribution in [1.82, 2.24) is 0 Å². The van der Waals surface area contributed by atoms with Gasteiger partial charge in [0.1, 0.15) is 6.29 Å². The van der Waals surface area contributed by atoms with E-state index in [1.165, 1.54) is 5.56 Å². The largest absolute Gasteiger partial charge is 0.302 e. The number of hydrogen-bond donors (Lipinski definition) is 0. The minimum Gasteiger partial charge on any atom is -0.302 e. The zero-order valence-electron chi connectivity index (χ0n) is 11.0. The van der Waals surface area contributed by atoms with Crippen molar-refractivity contribution in [2.45, 2.75) is 44.3 Å². The van der Waals surface area contributed by atoms with Crippen LogP contribution in [0, 0.1) is 0 Å². The predicted molar refractivity (Wildman–Crippen MR) is 76.7 cm³/mol. The van der Waals surface area contributed by atoms with Crippen molar-refractivity contribution in [3.8, 4) is 0 Å². The first kappa shape index (κ1) is 14.3. The first-order chi connectivity index (χ1) is 8.10. The molecule has 0 aromatic heterocycles. The van der Waals surface area contributed by atoms with Crippen molar-refractivity contribution in [2.24, 2.45) is 0 Å². The fourth-order valence-electron chi connectivity index (χ4n) is 2.07. The summed E-state index contributed by atoms with van der Waals surface area (Å²) >= 11 is 1.78. The molecule has 2 heteroatoms. The van der Waals surface area contributed by atoms with Gasteiger partial charge in [0.2, 0.25) is 0 Å². The third kappa shape index (κ3) is 4.55. The summed E-state index contributed by atoms with van der Waals surface area (Å²) in [5.74, 6) is 0.614. The van der Waals surface area contributed by atoms with E-state index in [0.29, 0.717) is 11.0 Å². The van der Waals surface area contributed by atoms with Gasteiger partial charge in [0.05, 0.1) is 0 Å². The second-order valence-electron chi connectivity index (χ2n) is 4.98. The monoisotopic (exact) mass is 250 g/mol. The van der Waals surface area contributed by atoms with Crippen LogP contribution in [0.15, 0.2) is 30.3 Å². The summed E-state index contributed by atoms with van der Waals surface area (Å²) in [6, 6.07) is 10.6. The molecule has 0 heterocycles. The highest BCUT2D eigenvalue weighted by atomic mass is 32.2. The Morgan fingerprint density at radius 1 is 1.29 bits per heavy atom. The third-order valence-corrected chi connectivity index (χ3v) is 4.45. The van der Waals surface area contributed by atoms with Gasteiger partial charge in [-0.3, -0.25) is 0 Å². The first-order valence-corrected chi connectivity index (χ1v) is 7.25. The highest BCUT2D eigenvalue weighted by Gasteiger charge is 2.24. The second-order valence-corrected chi connectivity index (χ2v) is 6.32. The van der Waals surface area contributed by atoms with Crippen LogP contribution in [-0.4, -0.2) is 17.3 Å². The molecular weight excluding hydrogens is 228 g/mol. The average Bonchev–Trinajstić information content (AvgIpc) is 2.35. The molecule has 0 radical (unpaired) electrons. The van der Waals surface area contributed by atoms with Crippen molar-refractivity contribution < 1.29 is 4.79 Å². The van der Waals surface area contributed by atoms with Gasteiger partial charge in [-0.25, -0.2) is 0 Å². The zero-order valence-corrected chi connectivity index (χ0v) is 11.8. The lowest BCUT2D eigenvalue weighted by atomic mass is 9.80. The lowest BCUT2D eigenvalue weighted by molar-refractivity contribution is -0.105. The summed E-state index contributed by atoms with van der Waals surface area (Å²) < 4.78 is 0. The van der Waals surface area contributed by atoms with E-state index in [9.17, 15) is 4.79 Å². The summed E-state index contributed by atoms with van der Waals surface area (Å²) in [7, 11) is 0. The number of thioether (sulfide) groups is 1. The molecule has 1 atom stereocenters. The number of hydrogen-bond acceptors (Lipinski definition) is 2. The van der Waals surface area contributed by atoms with Gasteiger partial charge in [0.15, 0.2) is 0 Å². The van der Waals surface area contributed by atoms with Gasteiger partial charge in [-0.1, -0.05) is 51.1 Å². The molecule has 94 valence electrons. The van der Waals surface area contributed by atoms with E-state index in [1.54, 1.807) is 11.8 Å². The highest BCUT2D eigenvalue weighted by molar-refractivity contribution is 8.00. The molecule has 1 nitrogen and oxygen atoms in total. The Balaban J connectivity index is 2.67. The molecule has 0 saturated carbocycles. The Labute approximate surface area is 109 Å². The van der Waals surface area contributed by atoms with Gasteiger partial charge in [0.25, 0.3) is 0 Å². The van der Waals surface area contributed by atoms with E-state index in [-0.39, 0.29) is 5.41 Å². The average molecular weight is 250 g/mol. The van der Waals surface area contributed by atoms with E-state index in [0.717, 1.165) is 19.1 Å². The molecule has 0 aliphatic heterocycles. The summed E-state index contributed by atoms with van der Waals surface area (Å²) in [5, 5.41) is 0.565. The standard InChI is InChI=1S/C15H22OS/c1-4-14(17-11-10-16)12-15(2,3)13-8-6-5-7-9-13/h5-10,14H,4,11-12H2,1-3H3. The van der Waals surface area contributed by atoms with Crippen LogP contribution in [-0.2, 0) is 10.2 Å². The van der Waals surface area contributed by atoms with Crippen LogP contribution in [0.5, 0.6) is 0 Å². The van der Waals surface area contributed by atoms with Gasteiger partial charge in [-0.05, 0) is 23.8 Å². The van der Waals surface area contributed by atoms with Crippen molar-refractivity contribution in [3.05, 3.63) is 35.9 Å². The van der Waals surface area contributed by atoms with Crippen LogP contribution in [0.2, 0.25) is 0 Å². The minimum atomic E-state index is 0.178. The number of carbonyl (C=O) groups is 1. The molecule has 0 amide bonds. The molecule has 0 fully saturated rings. The van der Waals surface area contributed by atoms with Crippen molar-refractivity contribution in [2.75, 3.05) is 5.75 Å². The molecule has 17 heavy (non-hydrogen) atoms. The number of rotatable bonds is 7. The summed E-state index contributed by atoms with van der Waals surface area (Å²) in [4.78, 5) is 10.4. The summed E-state index contributed by atoms with van der Waals surface area (Å²) in [6.07, 6.45) is 3.24. The summed E-state index contributed by atoms with van der Waals surface area (Å²) in [5.41, 5.74) is 1.56. The number of benzene rings is 1. The predicted octanol–water partition coefficient (Wildman–Crippen LogP) is 4.07. The normalized spacial score (nSPS) is 13.4. The Kier molecular flexibility index (Phi) is 5.76. The van der Waals surface area contributed by atoms with E-state index in [4.69, 9.17) is 0 Å². The molecule has 0 spiro atoms. The molecular formula is C15H22OS. The molecule has 1 aromatic carbocycles. The second kappa shape index (κ2) is 6.85. The Morgan fingerprint density at radius 3 is 2.47 bits per heavy atom. The Morgan fingerprint density at radius 2 is 1.94 bits per heavy atom. The maximum Gasteiger partial charge on any atom is 0.129 e. The van der Waals surface area contributed by atoms with E-state index >= 15 is 0 Å². The molecule has 1 rings (SSSR count). The Bertz CT molecular complexity index is 332. The van der Waals surface area contributed by atoms with E-state index in [1.807, 2.05) is 0 Å². The Hall–Kier alpha value is -0.760. The molecule has 0 saturated heterocycles. The maximum absolute atomic E-state index is 10.4. The molecule has 1 unspecified atom stereocenters. The van der Waals surface area contributed by atoms with Crippen LogP contribution in [0.4, 0.5) is 0 Å². The fraction of sp³-hybridized carbons (Fsp3) is 0.533. The van der Waals surface area contributed by atoms with Gasteiger partial charge < -0.3 is 4.79 Å². The quantitative estimate of drug-likeness (QED) is 0.679. The van der Waals surface area contributed by atoms with E-state index < -0.39 is 0 Å². The maximum atomic E-state index is 10.4. The third-order valence-electron chi connectivity index (χ3n) is 3.15. The van der Waals surface area contributed by atoms with Gasteiger partial charge in [0, 0.05) is 11.0 Å². The van der Waals surface area contributed by atoms with Crippen molar-refractivity contribution in [3.63, 3.8) is 0 Å². The molecule has 0 bridgehead atoms. The van der Waals surface area contributed by atoms with Crippen molar-refractivity contribution >= 4 is 18.0 Å². The summed E-state index contributed by atoms with van der Waals surface area (Å²) in [6.45, 7) is 6.77. The van der Waals surface area contributed by atoms with Crippen molar-refractivity contribution in [1.29, 1.82) is 0 Å². The SMILES string of the molecule is CCC(CC(C)(C)c1ccccc1)SCC=O. The molecule has 1 aromatic rings. The minimum absolute atomic E-state index is 0.178. The zero-order chi connectivity index (χ0) is 12.7. The van der Waals surface area contributed by atoms with Crippen LogP contribution in [0.3, 0.4) is 0 Å². The van der Waals surface area contributed by atoms with Crippen LogP contribution >= 0.6 is 11.8 Å².